The van der Waals surface area contributed by atoms with Crippen molar-refractivity contribution >= 4 is 33.3 Å². The highest BCUT2D eigenvalue weighted by molar-refractivity contribution is 7.91. The number of benzene rings is 2. The third-order valence-electron chi connectivity index (χ3n) is 5.24. The summed E-state index contributed by atoms with van der Waals surface area (Å²) in [6.07, 6.45) is -0.939. The summed E-state index contributed by atoms with van der Waals surface area (Å²) in [5.74, 6) is -0.507. The highest BCUT2D eigenvalue weighted by Crippen LogP contribution is 2.30. The second-order valence-electron chi connectivity index (χ2n) is 7.71. The van der Waals surface area contributed by atoms with Crippen LogP contribution in [-0.4, -0.2) is 40.8 Å². The van der Waals surface area contributed by atoms with Crippen molar-refractivity contribution in [2.24, 2.45) is 0 Å². The van der Waals surface area contributed by atoms with E-state index in [2.05, 4.69) is 5.32 Å². The first kappa shape index (κ1) is 25.0. The van der Waals surface area contributed by atoms with Crippen molar-refractivity contribution in [2.75, 3.05) is 30.1 Å². The molecule has 11 heteroatoms. The molecule has 1 unspecified atom stereocenters. The molecule has 34 heavy (non-hydrogen) atoms. The van der Waals surface area contributed by atoms with E-state index in [1.807, 2.05) is 0 Å². The van der Waals surface area contributed by atoms with Crippen LogP contribution in [0.15, 0.2) is 65.7 Å². The predicted octanol–water partition coefficient (Wildman–Crippen LogP) is 4.74. The minimum absolute atomic E-state index is 0.163. The lowest BCUT2D eigenvalue weighted by Crippen LogP contribution is -2.23. The van der Waals surface area contributed by atoms with Crippen molar-refractivity contribution in [3.63, 3.8) is 0 Å². The van der Waals surface area contributed by atoms with Crippen LogP contribution in [0.4, 0.5) is 24.5 Å². The number of alkyl halides is 3. The molecule has 2 N–H and O–H groups in total. The van der Waals surface area contributed by atoms with Crippen LogP contribution in [0.5, 0.6) is 0 Å². The molecule has 0 bridgehead atoms. The first-order valence-corrected chi connectivity index (χ1v) is 12.0. The Morgan fingerprint density at radius 3 is 2.26 bits per heavy atom. The van der Waals surface area contributed by atoms with E-state index in [-0.39, 0.29) is 11.3 Å². The van der Waals surface area contributed by atoms with Crippen LogP contribution >= 0.6 is 0 Å². The van der Waals surface area contributed by atoms with Crippen molar-refractivity contribution in [1.29, 1.82) is 4.78 Å². The number of aldehydes is 1. The van der Waals surface area contributed by atoms with Crippen LogP contribution in [0.1, 0.15) is 26.4 Å². The number of rotatable bonds is 8. The van der Waals surface area contributed by atoms with E-state index in [0.717, 1.165) is 12.1 Å². The summed E-state index contributed by atoms with van der Waals surface area (Å²) < 4.78 is 59.2. The van der Waals surface area contributed by atoms with Crippen LogP contribution in [0, 0.1) is 4.78 Å². The third kappa shape index (κ3) is 5.84. The molecule has 0 aliphatic heterocycles. The average molecular weight is 493 g/mol. The number of hydrogen-bond acceptors (Lipinski definition) is 5. The molecule has 0 fully saturated rings. The van der Waals surface area contributed by atoms with Gasteiger partial charge in [0.05, 0.1) is 26.5 Å². The lowest BCUT2D eigenvalue weighted by Gasteiger charge is -2.20. The van der Waals surface area contributed by atoms with Gasteiger partial charge >= 0.3 is 6.18 Å². The highest BCUT2D eigenvalue weighted by atomic mass is 32.2. The predicted molar refractivity (Wildman–Crippen MR) is 124 cm³/mol. The minimum Gasteiger partial charge on any atom is -0.373 e. The Hall–Kier alpha value is -3.60. The monoisotopic (exact) mass is 492 g/mol. The molecule has 3 rings (SSSR count). The molecule has 0 radical (unpaired) electrons. The fraction of sp³-hybridized carbons (Fsp3) is 0.217. The van der Waals surface area contributed by atoms with E-state index in [1.165, 1.54) is 48.7 Å². The fourth-order valence-electron chi connectivity index (χ4n) is 3.29. The van der Waals surface area contributed by atoms with Crippen LogP contribution in [-0.2, 0) is 22.5 Å². The van der Waals surface area contributed by atoms with Gasteiger partial charge in [0.15, 0.2) is 6.29 Å². The topological polar surface area (TPSA) is 95.3 Å². The molecule has 0 saturated carbocycles. The number of amides is 1. The second kappa shape index (κ2) is 9.72. The Morgan fingerprint density at radius 2 is 1.74 bits per heavy atom. The Kier molecular flexibility index (Phi) is 7.15. The maximum Gasteiger partial charge on any atom is 0.416 e. The van der Waals surface area contributed by atoms with Crippen molar-refractivity contribution in [2.45, 2.75) is 17.6 Å². The quantitative estimate of drug-likeness (QED) is 0.444. The fourth-order valence-corrected chi connectivity index (χ4v) is 3.95. The molecule has 7 nitrogen and oxygen atoms in total. The molecule has 0 aliphatic rings. The molecule has 1 aromatic heterocycles. The number of nitrogens with one attached hydrogen (secondary N) is 2. The van der Waals surface area contributed by atoms with Gasteiger partial charge in [0.1, 0.15) is 0 Å². The number of carbonyl (C=O) groups excluding carboxylic acids is 2. The Labute approximate surface area is 195 Å². The number of carbonyl (C=O) groups is 2. The van der Waals surface area contributed by atoms with E-state index in [4.69, 9.17) is 4.78 Å². The minimum atomic E-state index is -4.40. The highest BCUT2D eigenvalue weighted by Gasteiger charge is 2.30. The van der Waals surface area contributed by atoms with Crippen molar-refractivity contribution in [3.05, 3.63) is 77.6 Å². The Bertz CT molecular complexity index is 1280. The second-order valence-corrected chi connectivity index (χ2v) is 9.87. The molecule has 0 saturated heterocycles. The molecular formula is C23H23F3N4O3S. The van der Waals surface area contributed by atoms with Gasteiger partial charge in [-0.05, 0) is 54.6 Å². The van der Waals surface area contributed by atoms with Gasteiger partial charge in [-0.15, -0.1) is 0 Å². The molecule has 2 aromatic carbocycles. The van der Waals surface area contributed by atoms with Crippen molar-refractivity contribution in [1.82, 2.24) is 4.57 Å². The molecule has 1 amide bonds. The largest absolute Gasteiger partial charge is 0.416 e. The molecule has 1 heterocycles. The SMILES string of the molecule is CN(CCn1ccc(C(=O)Nc2ccc(S(C)(=N)=O)cc2)c1C=O)c1ccc(C(F)(F)F)cc1. The summed E-state index contributed by atoms with van der Waals surface area (Å²) in [4.78, 5) is 26.5. The first-order chi connectivity index (χ1) is 15.9. The summed E-state index contributed by atoms with van der Waals surface area (Å²) >= 11 is 0. The van der Waals surface area contributed by atoms with Gasteiger partial charge in [-0.2, -0.15) is 13.2 Å². The summed E-state index contributed by atoms with van der Waals surface area (Å²) in [6, 6.07) is 12.3. The maximum atomic E-state index is 12.7. The van der Waals surface area contributed by atoms with Crippen LogP contribution in [0.2, 0.25) is 0 Å². The van der Waals surface area contributed by atoms with Gasteiger partial charge in [-0.3, -0.25) is 9.59 Å². The average Bonchev–Trinajstić information content (AvgIpc) is 3.20. The summed E-state index contributed by atoms with van der Waals surface area (Å²) in [7, 11) is -1.15. The summed E-state index contributed by atoms with van der Waals surface area (Å²) in [5, 5.41) is 2.67. The van der Waals surface area contributed by atoms with E-state index in [1.54, 1.807) is 22.7 Å². The zero-order valence-electron chi connectivity index (χ0n) is 18.4. The van der Waals surface area contributed by atoms with Gasteiger partial charge in [0.2, 0.25) is 0 Å². The lowest BCUT2D eigenvalue weighted by atomic mass is 10.2. The van der Waals surface area contributed by atoms with Crippen molar-refractivity contribution < 1.29 is 27.0 Å². The Morgan fingerprint density at radius 1 is 1.12 bits per heavy atom. The lowest BCUT2D eigenvalue weighted by molar-refractivity contribution is -0.137. The smallest absolute Gasteiger partial charge is 0.373 e. The Balaban J connectivity index is 1.67. The van der Waals surface area contributed by atoms with Gasteiger partial charge in [-0.1, -0.05) is 0 Å². The molecule has 1 atom stereocenters. The number of likely N-dealkylation sites (N-methyl/N-ethyl adjacent to an activating group) is 1. The van der Waals surface area contributed by atoms with Gasteiger partial charge in [-0.25, -0.2) is 8.99 Å². The number of aromatic nitrogens is 1. The third-order valence-corrected chi connectivity index (χ3v) is 6.41. The number of anilines is 2. The van der Waals surface area contributed by atoms with Crippen molar-refractivity contribution in [3.8, 4) is 0 Å². The van der Waals surface area contributed by atoms with E-state index >= 15 is 0 Å². The van der Waals surface area contributed by atoms with Crippen LogP contribution in [0.3, 0.4) is 0 Å². The number of hydrogen-bond donors (Lipinski definition) is 2. The zero-order valence-corrected chi connectivity index (χ0v) is 19.2. The van der Waals surface area contributed by atoms with E-state index in [0.29, 0.717) is 35.6 Å². The number of nitrogens with zero attached hydrogens (tertiary/aromatic N) is 2. The normalized spacial score (nSPS) is 13.2. The molecule has 0 aliphatic carbocycles. The van der Waals surface area contributed by atoms with Gasteiger partial charge in [0.25, 0.3) is 5.91 Å². The first-order valence-electron chi connectivity index (χ1n) is 10.1. The zero-order chi connectivity index (χ0) is 25.1. The van der Waals surface area contributed by atoms with E-state index in [9.17, 15) is 27.0 Å². The molecule has 0 spiro atoms. The van der Waals surface area contributed by atoms with Gasteiger partial charge < -0.3 is 14.8 Å². The molecule has 3 aromatic rings. The maximum absolute atomic E-state index is 12.7. The van der Waals surface area contributed by atoms with Gasteiger partial charge in [0, 0.05) is 48.9 Å². The van der Waals surface area contributed by atoms with E-state index < -0.39 is 27.4 Å². The molecule has 180 valence electrons. The standard InChI is InChI=1S/C23H23F3N4O3S/c1-29(18-7-3-16(4-8-18)23(24,25)26)13-14-30-12-11-20(21(30)15-31)22(32)28-17-5-9-19(10-6-17)34(2,27)33/h3-12,15,27H,13-14H2,1-2H3,(H,28,32). The summed E-state index contributed by atoms with van der Waals surface area (Å²) in [6.45, 7) is 0.703. The number of halogens is 3. The molecular weight excluding hydrogens is 469 g/mol. The van der Waals surface area contributed by atoms with Crippen LogP contribution in [0.25, 0.3) is 0 Å². The van der Waals surface area contributed by atoms with Crippen LogP contribution < -0.4 is 10.2 Å². The summed E-state index contributed by atoms with van der Waals surface area (Å²) in [5.41, 5.74) is 0.599.